The Kier molecular flexibility index (Phi) is 4.83. The number of carbonyl (C=O) groups is 1. The van der Waals surface area contributed by atoms with Crippen molar-refractivity contribution in [3.05, 3.63) is 74.5 Å². The zero-order valence-electron chi connectivity index (χ0n) is 12.9. The van der Waals surface area contributed by atoms with Gasteiger partial charge in [0.1, 0.15) is 11.5 Å². The van der Waals surface area contributed by atoms with Gasteiger partial charge in [0.15, 0.2) is 5.76 Å². The van der Waals surface area contributed by atoms with Crippen LogP contribution in [-0.4, -0.2) is 15.9 Å². The van der Waals surface area contributed by atoms with Crippen LogP contribution in [0.15, 0.2) is 52.9 Å². The highest BCUT2D eigenvalue weighted by atomic mass is 35.5. The number of anilines is 1. The number of nitrogens with one attached hydrogen (secondary N) is 1. The molecule has 26 heavy (non-hydrogen) atoms. The van der Waals surface area contributed by atoms with Crippen LogP contribution in [0.1, 0.15) is 10.6 Å². The van der Waals surface area contributed by atoms with Crippen molar-refractivity contribution in [3.63, 3.8) is 0 Å². The molecule has 2 N–H and O–H groups in total. The minimum atomic E-state index is -0.605. The van der Waals surface area contributed by atoms with Gasteiger partial charge >= 0.3 is 0 Å². The molecular weight excluding hydrogens is 383 g/mol. The van der Waals surface area contributed by atoms with Crippen molar-refractivity contribution in [1.29, 1.82) is 0 Å². The third kappa shape index (κ3) is 3.63. The first-order chi connectivity index (χ1) is 12.3. The molecule has 0 spiro atoms. The molecule has 0 aliphatic heterocycles. The summed E-state index contributed by atoms with van der Waals surface area (Å²) in [6.45, 7) is 0. The predicted octanol–water partition coefficient (Wildman–Crippen LogP) is 5.12. The number of amides is 1. The van der Waals surface area contributed by atoms with E-state index in [0.717, 1.165) is 0 Å². The average molecular weight is 393 g/mol. The number of nitrogens with zero attached hydrogens (tertiary/aromatic N) is 1. The minimum absolute atomic E-state index is 0.0335. The summed E-state index contributed by atoms with van der Waals surface area (Å²) in [6.07, 6.45) is 0. The Balaban J connectivity index is 1.84. The Bertz CT molecular complexity index is 1020. The van der Waals surface area contributed by atoms with Gasteiger partial charge in [-0.2, -0.15) is 0 Å². The van der Waals surface area contributed by atoms with Crippen LogP contribution in [0.4, 0.5) is 11.4 Å². The van der Waals surface area contributed by atoms with E-state index >= 15 is 0 Å². The quantitative estimate of drug-likeness (QED) is 0.364. The van der Waals surface area contributed by atoms with Crippen molar-refractivity contribution in [3.8, 4) is 17.1 Å². The number of benzene rings is 2. The molecule has 0 aliphatic rings. The van der Waals surface area contributed by atoms with Gasteiger partial charge in [0.2, 0.25) is 0 Å². The standard InChI is InChI=1S/C17H10Cl2N2O5/c18-9-1-4-14(22)13(7-9)20-17(23)16-6-5-15(26-16)11-3-2-10(21(24)25)8-12(11)19/h1-8,22H,(H,20,23). The smallest absolute Gasteiger partial charge is 0.291 e. The van der Waals surface area contributed by atoms with E-state index in [1.165, 1.54) is 48.5 Å². The van der Waals surface area contributed by atoms with Crippen LogP contribution in [0.3, 0.4) is 0 Å². The molecule has 0 radical (unpaired) electrons. The molecule has 0 aliphatic carbocycles. The van der Waals surface area contributed by atoms with Gasteiger partial charge in [-0.25, -0.2) is 0 Å². The molecule has 9 heteroatoms. The van der Waals surface area contributed by atoms with Gasteiger partial charge in [0.25, 0.3) is 11.6 Å². The van der Waals surface area contributed by atoms with Crippen LogP contribution >= 0.6 is 23.2 Å². The summed E-state index contributed by atoms with van der Waals surface area (Å²) in [6, 6.07) is 11.1. The SMILES string of the molecule is O=C(Nc1cc(Cl)ccc1O)c1ccc(-c2ccc([N+](=O)[O-])cc2Cl)o1. The number of carbonyl (C=O) groups excluding carboxylic acids is 1. The maximum Gasteiger partial charge on any atom is 0.291 e. The second-order valence-electron chi connectivity index (χ2n) is 5.20. The lowest BCUT2D eigenvalue weighted by Gasteiger charge is -2.06. The normalized spacial score (nSPS) is 10.5. The molecule has 3 aromatic rings. The lowest BCUT2D eigenvalue weighted by molar-refractivity contribution is -0.384. The summed E-state index contributed by atoms with van der Waals surface area (Å²) in [7, 11) is 0. The summed E-state index contributed by atoms with van der Waals surface area (Å²) >= 11 is 11.9. The van der Waals surface area contributed by atoms with E-state index in [9.17, 15) is 20.0 Å². The number of rotatable bonds is 4. The lowest BCUT2D eigenvalue weighted by Crippen LogP contribution is -2.10. The third-order valence-corrected chi connectivity index (χ3v) is 4.01. The number of hydrogen-bond acceptors (Lipinski definition) is 5. The van der Waals surface area contributed by atoms with E-state index in [1.54, 1.807) is 0 Å². The van der Waals surface area contributed by atoms with Crippen molar-refractivity contribution >= 4 is 40.5 Å². The highest BCUT2D eigenvalue weighted by Gasteiger charge is 2.17. The summed E-state index contributed by atoms with van der Waals surface area (Å²) in [4.78, 5) is 22.5. The van der Waals surface area contributed by atoms with Crippen molar-refractivity contribution in [2.24, 2.45) is 0 Å². The van der Waals surface area contributed by atoms with Crippen molar-refractivity contribution in [2.75, 3.05) is 5.32 Å². The summed E-state index contributed by atoms with van der Waals surface area (Å²) in [5.41, 5.74) is 0.385. The van der Waals surface area contributed by atoms with Crippen LogP contribution in [0.5, 0.6) is 5.75 Å². The van der Waals surface area contributed by atoms with Gasteiger partial charge < -0.3 is 14.8 Å². The van der Waals surface area contributed by atoms with Crippen LogP contribution in [0, 0.1) is 10.1 Å². The van der Waals surface area contributed by atoms with Gasteiger partial charge in [-0.1, -0.05) is 23.2 Å². The first-order valence-corrected chi connectivity index (χ1v) is 7.95. The molecule has 0 atom stereocenters. The first kappa shape index (κ1) is 17.8. The number of phenols is 1. The van der Waals surface area contributed by atoms with Crippen molar-refractivity contribution in [1.82, 2.24) is 0 Å². The molecule has 1 aromatic heterocycles. The zero-order valence-corrected chi connectivity index (χ0v) is 14.4. The van der Waals surface area contributed by atoms with E-state index in [0.29, 0.717) is 10.6 Å². The van der Waals surface area contributed by atoms with Gasteiger partial charge in [-0.15, -0.1) is 0 Å². The molecule has 0 bridgehead atoms. The topological polar surface area (TPSA) is 106 Å². The fraction of sp³-hybridized carbons (Fsp3) is 0. The Hall–Kier alpha value is -3.03. The number of phenolic OH excluding ortho intramolecular Hbond substituents is 1. The Morgan fingerprint density at radius 1 is 1.12 bits per heavy atom. The Morgan fingerprint density at radius 3 is 2.58 bits per heavy atom. The predicted molar refractivity (Wildman–Crippen MR) is 96.9 cm³/mol. The Morgan fingerprint density at radius 2 is 1.88 bits per heavy atom. The van der Waals surface area contributed by atoms with Crippen molar-refractivity contribution in [2.45, 2.75) is 0 Å². The third-order valence-electron chi connectivity index (χ3n) is 3.47. The average Bonchev–Trinajstić information content (AvgIpc) is 3.08. The molecule has 3 rings (SSSR count). The largest absolute Gasteiger partial charge is 0.506 e. The number of halogens is 2. The summed E-state index contributed by atoms with van der Waals surface area (Å²) in [5, 5.41) is 23.4. The molecule has 2 aromatic carbocycles. The molecule has 0 saturated heterocycles. The van der Waals surface area contributed by atoms with Gasteiger partial charge in [0.05, 0.1) is 15.6 Å². The summed E-state index contributed by atoms with van der Waals surface area (Å²) in [5.74, 6) is -0.515. The number of non-ortho nitro benzene ring substituents is 1. The van der Waals surface area contributed by atoms with Crippen LogP contribution in [0.25, 0.3) is 11.3 Å². The molecule has 1 amide bonds. The van der Waals surface area contributed by atoms with Gasteiger partial charge in [0, 0.05) is 22.7 Å². The fourth-order valence-corrected chi connectivity index (χ4v) is 2.65. The van der Waals surface area contributed by atoms with E-state index in [2.05, 4.69) is 5.32 Å². The van der Waals surface area contributed by atoms with E-state index in [1.807, 2.05) is 0 Å². The zero-order chi connectivity index (χ0) is 18.8. The summed E-state index contributed by atoms with van der Waals surface area (Å²) < 4.78 is 5.47. The van der Waals surface area contributed by atoms with Crippen LogP contribution < -0.4 is 5.32 Å². The highest BCUT2D eigenvalue weighted by Crippen LogP contribution is 2.33. The minimum Gasteiger partial charge on any atom is -0.506 e. The second kappa shape index (κ2) is 7.07. The van der Waals surface area contributed by atoms with E-state index in [-0.39, 0.29) is 33.7 Å². The maximum atomic E-state index is 12.3. The molecule has 1 heterocycles. The molecule has 0 unspecified atom stereocenters. The number of furan rings is 1. The molecule has 7 nitrogen and oxygen atoms in total. The maximum absolute atomic E-state index is 12.3. The number of hydrogen-bond donors (Lipinski definition) is 2. The number of aromatic hydroxyl groups is 1. The first-order valence-electron chi connectivity index (χ1n) is 7.19. The molecule has 0 fully saturated rings. The fourth-order valence-electron chi connectivity index (χ4n) is 2.21. The molecular formula is C17H10Cl2N2O5. The van der Waals surface area contributed by atoms with Crippen LogP contribution in [0.2, 0.25) is 10.0 Å². The molecule has 132 valence electrons. The Labute approximate surface area is 156 Å². The lowest BCUT2D eigenvalue weighted by atomic mass is 10.1. The molecule has 0 saturated carbocycles. The number of nitro groups is 1. The van der Waals surface area contributed by atoms with Crippen molar-refractivity contribution < 1.29 is 19.2 Å². The van der Waals surface area contributed by atoms with Gasteiger partial charge in [-0.05, 0) is 36.4 Å². The van der Waals surface area contributed by atoms with E-state index in [4.69, 9.17) is 27.6 Å². The van der Waals surface area contributed by atoms with Crippen LogP contribution in [-0.2, 0) is 0 Å². The second-order valence-corrected chi connectivity index (χ2v) is 6.04. The highest BCUT2D eigenvalue weighted by molar-refractivity contribution is 6.33. The monoisotopic (exact) mass is 392 g/mol. The van der Waals surface area contributed by atoms with Gasteiger partial charge in [-0.3, -0.25) is 14.9 Å². The van der Waals surface area contributed by atoms with E-state index < -0.39 is 10.8 Å². The number of nitro benzene ring substituents is 1.